The van der Waals surface area contributed by atoms with Gasteiger partial charge in [0.25, 0.3) is 0 Å². The van der Waals surface area contributed by atoms with Gasteiger partial charge in [-0.05, 0) is 24.3 Å². The molecule has 0 saturated heterocycles. The predicted molar refractivity (Wildman–Crippen MR) is 149 cm³/mol. The zero-order valence-corrected chi connectivity index (χ0v) is 23.6. The number of benzene rings is 2. The number of carbonyl (C=O) groups excluding carboxylic acids is 2. The predicted octanol–water partition coefficient (Wildman–Crippen LogP) is 2.82. The van der Waals surface area contributed by atoms with E-state index in [1.807, 2.05) is 12.1 Å². The van der Waals surface area contributed by atoms with Crippen molar-refractivity contribution >= 4 is 11.9 Å². The lowest BCUT2D eigenvalue weighted by Crippen LogP contribution is -2.15. The molecule has 0 aliphatic carbocycles. The molecule has 11 nitrogen and oxygen atoms in total. The van der Waals surface area contributed by atoms with Gasteiger partial charge in [0.05, 0.1) is 104 Å². The molecule has 0 amide bonds. The highest BCUT2D eigenvalue weighted by atomic mass is 16.6. The van der Waals surface area contributed by atoms with E-state index >= 15 is 0 Å². The summed E-state index contributed by atoms with van der Waals surface area (Å²) in [4.78, 5) is 23.5. The topological polar surface area (TPSA) is 117 Å². The second kappa shape index (κ2) is 24.9. The molecule has 0 atom stereocenters. The average Bonchev–Trinajstić information content (AvgIpc) is 3.01. The van der Waals surface area contributed by atoms with Gasteiger partial charge in [-0.25, -0.2) is 9.59 Å². The summed E-state index contributed by atoms with van der Waals surface area (Å²) in [6.07, 6.45) is 0. The number of ether oxygens (including phenoxy) is 9. The Labute approximate surface area is 241 Å². The summed E-state index contributed by atoms with van der Waals surface area (Å²) < 4.78 is 48.2. The Morgan fingerprint density at radius 2 is 0.561 bits per heavy atom. The van der Waals surface area contributed by atoms with Gasteiger partial charge in [0.15, 0.2) is 0 Å². The van der Waals surface area contributed by atoms with Crippen molar-refractivity contribution in [3.8, 4) is 0 Å². The van der Waals surface area contributed by atoms with Crippen LogP contribution in [0, 0.1) is 0 Å². The minimum absolute atomic E-state index is 0.198. The van der Waals surface area contributed by atoms with Crippen LogP contribution in [0.25, 0.3) is 0 Å². The fourth-order valence-electron chi connectivity index (χ4n) is 3.12. The lowest BCUT2D eigenvalue weighted by molar-refractivity contribution is -0.0236. The highest BCUT2D eigenvalue weighted by molar-refractivity contribution is 5.89. The van der Waals surface area contributed by atoms with Crippen LogP contribution in [-0.4, -0.2) is 118 Å². The van der Waals surface area contributed by atoms with E-state index in [0.29, 0.717) is 104 Å². The van der Waals surface area contributed by atoms with Crippen molar-refractivity contribution in [3.05, 3.63) is 71.8 Å². The maximum atomic E-state index is 11.8. The first-order valence-corrected chi connectivity index (χ1v) is 13.8. The largest absolute Gasteiger partial charge is 0.460 e. The molecule has 0 fully saturated rings. The first-order chi connectivity index (χ1) is 20.3. The van der Waals surface area contributed by atoms with Gasteiger partial charge < -0.3 is 42.6 Å². The molecule has 11 heteroatoms. The van der Waals surface area contributed by atoms with Crippen molar-refractivity contribution < 1.29 is 52.2 Å². The molecule has 2 aromatic rings. The second-order valence-electron chi connectivity index (χ2n) is 8.29. The Kier molecular flexibility index (Phi) is 20.8. The summed E-state index contributed by atoms with van der Waals surface area (Å²) in [6.45, 7) is 6.49. The lowest BCUT2D eigenvalue weighted by Gasteiger charge is -2.09. The number of carbonyl (C=O) groups is 2. The SMILES string of the molecule is O=C(OCCOCCOCCOCCOCCOCCOCCOCCOC(=O)c1ccccc1)c1ccccc1. The molecule has 0 radical (unpaired) electrons. The van der Waals surface area contributed by atoms with E-state index in [2.05, 4.69) is 0 Å². The van der Waals surface area contributed by atoms with Gasteiger partial charge in [-0.15, -0.1) is 0 Å². The molecular weight excluding hydrogens is 536 g/mol. The maximum absolute atomic E-state index is 11.8. The maximum Gasteiger partial charge on any atom is 0.338 e. The van der Waals surface area contributed by atoms with E-state index in [0.717, 1.165) is 0 Å². The molecule has 2 rings (SSSR count). The molecule has 0 aromatic heterocycles. The van der Waals surface area contributed by atoms with Crippen molar-refractivity contribution in [3.63, 3.8) is 0 Å². The van der Waals surface area contributed by atoms with E-state index in [-0.39, 0.29) is 25.2 Å². The van der Waals surface area contributed by atoms with E-state index < -0.39 is 0 Å². The van der Waals surface area contributed by atoms with Gasteiger partial charge >= 0.3 is 11.9 Å². The standard InChI is InChI=1S/C30H42O11/c31-29(27-7-3-1-4-8-27)40-25-23-38-21-19-36-17-15-34-13-11-33-12-14-35-16-18-37-20-22-39-24-26-41-30(32)28-9-5-2-6-10-28/h1-10H,11-26H2. The number of hydrogen-bond acceptors (Lipinski definition) is 11. The monoisotopic (exact) mass is 578 g/mol. The summed E-state index contributed by atoms with van der Waals surface area (Å²) in [5, 5.41) is 0. The number of hydrogen-bond donors (Lipinski definition) is 0. The van der Waals surface area contributed by atoms with Crippen LogP contribution in [0.15, 0.2) is 60.7 Å². The van der Waals surface area contributed by atoms with Crippen molar-refractivity contribution in [2.45, 2.75) is 0 Å². The van der Waals surface area contributed by atoms with Gasteiger partial charge in [-0.2, -0.15) is 0 Å². The third-order valence-corrected chi connectivity index (χ3v) is 5.17. The van der Waals surface area contributed by atoms with Crippen LogP contribution in [0.2, 0.25) is 0 Å². The molecule has 0 aliphatic rings. The Bertz CT molecular complexity index is 822. The minimum atomic E-state index is -0.360. The van der Waals surface area contributed by atoms with Crippen molar-refractivity contribution in [1.29, 1.82) is 0 Å². The van der Waals surface area contributed by atoms with E-state index in [4.69, 9.17) is 42.6 Å². The molecule has 0 unspecified atom stereocenters. The number of rotatable bonds is 26. The van der Waals surface area contributed by atoms with Crippen molar-refractivity contribution in [2.24, 2.45) is 0 Å². The molecule has 0 saturated carbocycles. The Morgan fingerprint density at radius 1 is 0.341 bits per heavy atom. The quantitative estimate of drug-likeness (QED) is 0.121. The van der Waals surface area contributed by atoms with Crippen LogP contribution in [0.3, 0.4) is 0 Å². The number of esters is 2. The first-order valence-electron chi connectivity index (χ1n) is 13.8. The Balaban J connectivity index is 1.20. The zero-order chi connectivity index (χ0) is 29.1. The summed E-state index contributed by atoms with van der Waals surface area (Å²) in [7, 11) is 0. The van der Waals surface area contributed by atoms with Crippen LogP contribution in [0.4, 0.5) is 0 Å². The summed E-state index contributed by atoms with van der Waals surface area (Å²) >= 11 is 0. The smallest absolute Gasteiger partial charge is 0.338 e. The van der Waals surface area contributed by atoms with Crippen molar-refractivity contribution in [2.75, 3.05) is 106 Å². The fraction of sp³-hybridized carbons (Fsp3) is 0.533. The molecule has 0 spiro atoms. The second-order valence-corrected chi connectivity index (χ2v) is 8.29. The molecule has 0 N–H and O–H groups in total. The first kappa shape index (κ1) is 34.3. The van der Waals surface area contributed by atoms with Crippen LogP contribution >= 0.6 is 0 Å². The fourth-order valence-corrected chi connectivity index (χ4v) is 3.12. The van der Waals surface area contributed by atoms with Crippen LogP contribution in [0.1, 0.15) is 20.7 Å². The van der Waals surface area contributed by atoms with Crippen LogP contribution < -0.4 is 0 Å². The normalized spacial score (nSPS) is 10.9. The summed E-state index contributed by atoms with van der Waals surface area (Å²) in [6, 6.07) is 17.7. The molecule has 2 aromatic carbocycles. The molecule has 228 valence electrons. The van der Waals surface area contributed by atoms with Gasteiger partial charge in [0.1, 0.15) is 13.2 Å². The molecule has 0 heterocycles. The highest BCUT2D eigenvalue weighted by Gasteiger charge is 2.06. The zero-order valence-electron chi connectivity index (χ0n) is 23.6. The molecule has 0 bridgehead atoms. The molecule has 0 aliphatic heterocycles. The van der Waals surface area contributed by atoms with Crippen LogP contribution in [0.5, 0.6) is 0 Å². The van der Waals surface area contributed by atoms with E-state index in [9.17, 15) is 9.59 Å². The van der Waals surface area contributed by atoms with E-state index in [1.165, 1.54) is 0 Å². The Hall–Kier alpha value is -2.90. The lowest BCUT2D eigenvalue weighted by atomic mass is 10.2. The van der Waals surface area contributed by atoms with Gasteiger partial charge in [0, 0.05) is 0 Å². The van der Waals surface area contributed by atoms with Gasteiger partial charge in [-0.3, -0.25) is 0 Å². The van der Waals surface area contributed by atoms with Crippen molar-refractivity contribution in [1.82, 2.24) is 0 Å². The third-order valence-electron chi connectivity index (χ3n) is 5.17. The summed E-state index contributed by atoms with van der Waals surface area (Å²) in [5.74, 6) is -0.720. The summed E-state index contributed by atoms with van der Waals surface area (Å²) in [5.41, 5.74) is 1.04. The molecular formula is C30H42O11. The highest BCUT2D eigenvalue weighted by Crippen LogP contribution is 2.01. The van der Waals surface area contributed by atoms with Gasteiger partial charge in [0.2, 0.25) is 0 Å². The third kappa shape index (κ3) is 19.0. The Morgan fingerprint density at radius 3 is 0.805 bits per heavy atom. The average molecular weight is 579 g/mol. The van der Waals surface area contributed by atoms with E-state index in [1.54, 1.807) is 48.5 Å². The van der Waals surface area contributed by atoms with Crippen LogP contribution in [-0.2, 0) is 42.6 Å². The molecule has 41 heavy (non-hydrogen) atoms. The minimum Gasteiger partial charge on any atom is -0.460 e. The van der Waals surface area contributed by atoms with Gasteiger partial charge in [-0.1, -0.05) is 36.4 Å².